The zero-order valence-corrected chi connectivity index (χ0v) is 10.6. The van der Waals surface area contributed by atoms with Gasteiger partial charge in [0.2, 0.25) is 0 Å². The lowest BCUT2D eigenvalue weighted by Crippen LogP contribution is -2.42. The Kier molecular flexibility index (Phi) is 3.86. The van der Waals surface area contributed by atoms with Crippen molar-refractivity contribution >= 4 is 5.69 Å². The molecule has 0 bridgehead atoms. The molecule has 17 heavy (non-hydrogen) atoms. The number of nitrogens with one attached hydrogen (secondary N) is 1. The van der Waals surface area contributed by atoms with E-state index >= 15 is 0 Å². The van der Waals surface area contributed by atoms with Crippen molar-refractivity contribution in [2.45, 2.75) is 6.54 Å². The van der Waals surface area contributed by atoms with E-state index in [-0.39, 0.29) is 0 Å². The summed E-state index contributed by atoms with van der Waals surface area (Å²) in [5, 5.41) is 13.2. The van der Waals surface area contributed by atoms with Crippen LogP contribution in [0.5, 0.6) is 5.75 Å². The highest BCUT2D eigenvalue weighted by atomic mass is 16.3. The van der Waals surface area contributed by atoms with Crippen molar-refractivity contribution in [3.63, 3.8) is 0 Å². The third-order valence-corrected chi connectivity index (χ3v) is 3.18. The Hall–Kier alpha value is -1.26. The summed E-state index contributed by atoms with van der Waals surface area (Å²) in [4.78, 5) is 4.42. The van der Waals surface area contributed by atoms with Gasteiger partial charge < -0.3 is 15.3 Å². The molecular formula is C13H21N3O. The Labute approximate surface area is 103 Å². The maximum Gasteiger partial charge on any atom is 0.120 e. The number of phenolic OH excluding ortho intramolecular Hbond substituents is 1. The average molecular weight is 235 g/mol. The number of aromatic hydroxyl groups is 1. The van der Waals surface area contributed by atoms with E-state index in [0.29, 0.717) is 5.75 Å². The summed E-state index contributed by atoms with van der Waals surface area (Å²) in [5.74, 6) is 0.397. The second kappa shape index (κ2) is 5.38. The summed E-state index contributed by atoms with van der Waals surface area (Å²) in [7, 11) is 4.03. The first-order valence-electron chi connectivity index (χ1n) is 6.09. The molecular weight excluding hydrogens is 214 g/mol. The van der Waals surface area contributed by atoms with Crippen LogP contribution in [0, 0.1) is 0 Å². The van der Waals surface area contributed by atoms with Gasteiger partial charge in [0.1, 0.15) is 5.75 Å². The van der Waals surface area contributed by atoms with Crippen LogP contribution < -0.4 is 10.2 Å². The normalized spacial score (nSPS) is 17.1. The second-order valence-electron chi connectivity index (χ2n) is 4.73. The van der Waals surface area contributed by atoms with Crippen molar-refractivity contribution in [3.05, 3.63) is 23.8 Å². The molecule has 0 saturated carbocycles. The van der Waals surface area contributed by atoms with E-state index in [2.05, 4.69) is 21.2 Å². The van der Waals surface area contributed by atoms with Crippen LogP contribution in [0.3, 0.4) is 0 Å². The van der Waals surface area contributed by atoms with Crippen LogP contribution in [0.25, 0.3) is 0 Å². The van der Waals surface area contributed by atoms with Gasteiger partial charge in [-0.25, -0.2) is 0 Å². The van der Waals surface area contributed by atoms with Crippen LogP contribution in [-0.2, 0) is 6.54 Å². The van der Waals surface area contributed by atoms with Crippen LogP contribution in [0.15, 0.2) is 18.2 Å². The van der Waals surface area contributed by atoms with Crippen LogP contribution in [-0.4, -0.2) is 50.3 Å². The van der Waals surface area contributed by atoms with Gasteiger partial charge in [-0.2, -0.15) is 0 Å². The van der Waals surface area contributed by atoms with Gasteiger partial charge in [-0.05, 0) is 18.2 Å². The molecule has 4 heteroatoms. The zero-order valence-electron chi connectivity index (χ0n) is 10.6. The minimum absolute atomic E-state index is 0.397. The molecule has 1 aromatic rings. The maximum atomic E-state index is 9.89. The minimum Gasteiger partial charge on any atom is -0.508 e. The van der Waals surface area contributed by atoms with Crippen molar-refractivity contribution in [3.8, 4) is 5.75 Å². The first-order valence-corrected chi connectivity index (χ1v) is 6.09. The molecule has 1 fully saturated rings. The van der Waals surface area contributed by atoms with Gasteiger partial charge >= 0.3 is 0 Å². The quantitative estimate of drug-likeness (QED) is 0.815. The average Bonchev–Trinajstić information content (AvgIpc) is 2.33. The number of nitrogens with zero attached hydrogens (tertiary/aromatic N) is 2. The molecule has 0 aliphatic carbocycles. The molecule has 0 atom stereocenters. The smallest absolute Gasteiger partial charge is 0.120 e. The summed E-state index contributed by atoms with van der Waals surface area (Å²) in [6.45, 7) is 4.99. The number of hydrogen-bond acceptors (Lipinski definition) is 4. The van der Waals surface area contributed by atoms with Gasteiger partial charge in [0.15, 0.2) is 0 Å². The number of rotatable bonds is 3. The molecule has 0 amide bonds. The van der Waals surface area contributed by atoms with Crippen LogP contribution >= 0.6 is 0 Å². The zero-order chi connectivity index (χ0) is 12.3. The van der Waals surface area contributed by atoms with Gasteiger partial charge in [-0.1, -0.05) is 0 Å². The van der Waals surface area contributed by atoms with Gasteiger partial charge in [0.25, 0.3) is 0 Å². The monoisotopic (exact) mass is 235 g/mol. The second-order valence-corrected chi connectivity index (χ2v) is 4.73. The van der Waals surface area contributed by atoms with Gasteiger partial charge in [0.05, 0.1) is 0 Å². The Bertz CT molecular complexity index is 373. The van der Waals surface area contributed by atoms with Crippen molar-refractivity contribution in [2.24, 2.45) is 0 Å². The molecule has 0 unspecified atom stereocenters. The molecule has 0 spiro atoms. The molecule has 0 aromatic heterocycles. The topological polar surface area (TPSA) is 38.7 Å². The van der Waals surface area contributed by atoms with E-state index in [1.165, 1.54) is 0 Å². The third-order valence-electron chi connectivity index (χ3n) is 3.18. The fraction of sp³-hybridized carbons (Fsp3) is 0.538. The van der Waals surface area contributed by atoms with E-state index in [1.54, 1.807) is 6.07 Å². The van der Waals surface area contributed by atoms with Crippen LogP contribution in [0.1, 0.15) is 5.56 Å². The maximum absolute atomic E-state index is 9.89. The van der Waals surface area contributed by atoms with Crippen LogP contribution in [0.2, 0.25) is 0 Å². The van der Waals surface area contributed by atoms with Crippen molar-refractivity contribution in [1.29, 1.82) is 0 Å². The largest absolute Gasteiger partial charge is 0.508 e. The van der Waals surface area contributed by atoms with E-state index in [9.17, 15) is 5.11 Å². The predicted molar refractivity (Wildman–Crippen MR) is 70.6 cm³/mol. The number of hydrogen-bond donors (Lipinski definition) is 2. The Morgan fingerprint density at radius 3 is 2.65 bits per heavy atom. The van der Waals surface area contributed by atoms with Gasteiger partial charge in [-0.3, -0.25) is 4.90 Å². The highest BCUT2D eigenvalue weighted by molar-refractivity contribution is 5.51. The van der Waals surface area contributed by atoms with E-state index < -0.39 is 0 Å². The van der Waals surface area contributed by atoms with Crippen molar-refractivity contribution in [2.75, 3.05) is 45.2 Å². The number of phenols is 1. The summed E-state index contributed by atoms with van der Waals surface area (Å²) >= 11 is 0. The number of piperazine rings is 1. The lowest BCUT2D eigenvalue weighted by Gasteiger charge is -2.27. The summed E-state index contributed by atoms with van der Waals surface area (Å²) in [6.07, 6.45) is 0. The van der Waals surface area contributed by atoms with E-state index in [1.807, 2.05) is 20.2 Å². The van der Waals surface area contributed by atoms with Crippen molar-refractivity contribution in [1.82, 2.24) is 10.2 Å². The highest BCUT2D eigenvalue weighted by Crippen LogP contribution is 2.24. The van der Waals surface area contributed by atoms with E-state index in [0.717, 1.165) is 44.0 Å². The fourth-order valence-electron chi connectivity index (χ4n) is 2.09. The first kappa shape index (κ1) is 12.2. The van der Waals surface area contributed by atoms with E-state index in [4.69, 9.17) is 0 Å². The molecule has 2 N–H and O–H groups in total. The van der Waals surface area contributed by atoms with Crippen molar-refractivity contribution < 1.29 is 5.11 Å². The Morgan fingerprint density at radius 1 is 1.29 bits per heavy atom. The highest BCUT2D eigenvalue weighted by Gasteiger charge is 2.12. The lowest BCUT2D eigenvalue weighted by molar-refractivity contribution is 0.230. The standard InChI is InChI=1S/C13H21N3O/c1-15(2)12-3-4-13(17)11(9-12)10-16-7-5-14-6-8-16/h3-4,9,14,17H,5-8,10H2,1-2H3. The third kappa shape index (κ3) is 3.11. The summed E-state index contributed by atoms with van der Waals surface area (Å²) < 4.78 is 0. The molecule has 1 aliphatic heterocycles. The molecule has 2 rings (SSSR count). The fourth-order valence-corrected chi connectivity index (χ4v) is 2.09. The molecule has 94 valence electrons. The first-order chi connectivity index (χ1) is 8.16. The summed E-state index contributed by atoms with van der Waals surface area (Å²) in [5.41, 5.74) is 2.14. The molecule has 1 aliphatic rings. The number of benzene rings is 1. The molecule has 4 nitrogen and oxygen atoms in total. The Balaban J connectivity index is 2.10. The predicted octanol–water partition coefficient (Wildman–Crippen LogP) is 0.863. The molecule has 1 saturated heterocycles. The van der Waals surface area contributed by atoms with Crippen LogP contribution in [0.4, 0.5) is 5.69 Å². The van der Waals surface area contributed by atoms with Gasteiger partial charge in [0, 0.05) is 58.1 Å². The lowest BCUT2D eigenvalue weighted by atomic mass is 10.1. The number of anilines is 1. The molecule has 1 aromatic carbocycles. The molecule has 0 radical (unpaired) electrons. The SMILES string of the molecule is CN(C)c1ccc(O)c(CN2CCNCC2)c1. The minimum atomic E-state index is 0.397. The summed E-state index contributed by atoms with van der Waals surface area (Å²) in [6, 6.07) is 5.79. The molecule has 1 heterocycles. The van der Waals surface area contributed by atoms with Gasteiger partial charge in [-0.15, -0.1) is 0 Å². The Morgan fingerprint density at radius 2 is 2.00 bits per heavy atom.